The van der Waals surface area contributed by atoms with Crippen molar-refractivity contribution in [1.82, 2.24) is 4.31 Å². The van der Waals surface area contributed by atoms with Gasteiger partial charge in [0.05, 0.1) is 11.4 Å². The third kappa shape index (κ3) is 5.46. The first-order valence-corrected chi connectivity index (χ1v) is 11.8. The van der Waals surface area contributed by atoms with E-state index in [2.05, 4.69) is 12.2 Å². The van der Waals surface area contributed by atoms with Gasteiger partial charge in [0, 0.05) is 11.7 Å². The normalized spacial score (nSPS) is 15.4. The predicted octanol–water partition coefficient (Wildman–Crippen LogP) is 4.52. The third-order valence-electron chi connectivity index (χ3n) is 5.55. The van der Waals surface area contributed by atoms with Crippen LogP contribution in [0.2, 0.25) is 0 Å². The lowest BCUT2D eigenvalue weighted by molar-refractivity contribution is -0.116. The summed E-state index contributed by atoms with van der Waals surface area (Å²) in [7, 11) is -3.74. The van der Waals surface area contributed by atoms with Crippen molar-refractivity contribution in [2.24, 2.45) is 0 Å². The number of hydrogen-bond donors (Lipinski definition) is 1. The van der Waals surface area contributed by atoms with Crippen molar-refractivity contribution in [2.75, 3.05) is 11.9 Å². The van der Waals surface area contributed by atoms with E-state index in [1.807, 2.05) is 31.2 Å². The third-order valence-corrected chi connectivity index (χ3v) is 7.47. The largest absolute Gasteiger partial charge is 0.325 e. The van der Waals surface area contributed by atoms with Crippen LogP contribution in [-0.2, 0) is 21.2 Å². The van der Waals surface area contributed by atoms with Crippen LogP contribution >= 0.6 is 0 Å². The van der Waals surface area contributed by atoms with Gasteiger partial charge >= 0.3 is 0 Å². The van der Waals surface area contributed by atoms with Crippen molar-refractivity contribution in [1.29, 1.82) is 0 Å². The van der Waals surface area contributed by atoms with Crippen molar-refractivity contribution >= 4 is 21.6 Å². The summed E-state index contributed by atoms with van der Waals surface area (Å²) in [6.45, 7) is 3.83. The van der Waals surface area contributed by atoms with Crippen molar-refractivity contribution in [3.05, 3.63) is 59.7 Å². The molecule has 0 radical (unpaired) electrons. The zero-order valence-electron chi connectivity index (χ0n) is 17.2. The molecule has 5 nitrogen and oxygen atoms in total. The molecule has 0 aliphatic heterocycles. The summed E-state index contributed by atoms with van der Waals surface area (Å²) >= 11 is 0. The van der Waals surface area contributed by atoms with Gasteiger partial charge in [-0.25, -0.2) is 8.42 Å². The second-order valence-electron chi connectivity index (χ2n) is 7.75. The Balaban J connectivity index is 1.81. The number of carbonyl (C=O) groups excluding carboxylic acids is 1. The van der Waals surface area contributed by atoms with Crippen LogP contribution < -0.4 is 5.32 Å². The monoisotopic (exact) mass is 414 g/mol. The van der Waals surface area contributed by atoms with Gasteiger partial charge in [-0.05, 0) is 56.0 Å². The molecule has 0 unspecified atom stereocenters. The molecule has 1 aliphatic carbocycles. The van der Waals surface area contributed by atoms with Crippen LogP contribution in [0.4, 0.5) is 5.69 Å². The lowest BCUT2D eigenvalue weighted by atomic mass is 9.95. The Morgan fingerprint density at radius 1 is 1.00 bits per heavy atom. The lowest BCUT2D eigenvalue weighted by Crippen LogP contribution is -2.45. The first kappa shape index (κ1) is 21.5. The molecule has 0 saturated heterocycles. The second kappa shape index (κ2) is 9.55. The maximum Gasteiger partial charge on any atom is 0.243 e. The molecule has 1 fully saturated rings. The highest BCUT2D eigenvalue weighted by Crippen LogP contribution is 2.28. The smallest absolute Gasteiger partial charge is 0.243 e. The Bertz CT molecular complexity index is 916. The molecule has 1 aliphatic rings. The molecule has 2 aromatic rings. The highest BCUT2D eigenvalue weighted by Gasteiger charge is 2.33. The molecule has 2 aromatic carbocycles. The minimum atomic E-state index is -3.74. The van der Waals surface area contributed by atoms with E-state index in [1.165, 1.54) is 9.87 Å². The number of anilines is 1. The number of rotatable bonds is 7. The first-order chi connectivity index (χ1) is 13.9. The summed E-state index contributed by atoms with van der Waals surface area (Å²) < 4.78 is 28.1. The summed E-state index contributed by atoms with van der Waals surface area (Å²) in [5.74, 6) is -0.310. The molecular formula is C23H30N2O3S. The van der Waals surface area contributed by atoms with E-state index in [-0.39, 0.29) is 23.4 Å². The van der Waals surface area contributed by atoms with Crippen LogP contribution in [-0.4, -0.2) is 31.2 Å². The topological polar surface area (TPSA) is 66.5 Å². The van der Waals surface area contributed by atoms with Gasteiger partial charge < -0.3 is 5.32 Å². The van der Waals surface area contributed by atoms with Gasteiger partial charge in [-0.15, -0.1) is 0 Å². The Hall–Kier alpha value is -2.18. The number of sulfonamides is 1. The van der Waals surface area contributed by atoms with Gasteiger partial charge in [-0.2, -0.15) is 4.31 Å². The number of aryl methyl sites for hydroxylation is 2. The van der Waals surface area contributed by atoms with Gasteiger partial charge in [0.2, 0.25) is 15.9 Å². The number of hydrogen-bond acceptors (Lipinski definition) is 3. The molecule has 0 bridgehead atoms. The molecule has 1 amide bonds. The van der Waals surface area contributed by atoms with Crippen LogP contribution in [0, 0.1) is 6.92 Å². The molecular weight excluding hydrogens is 384 g/mol. The quantitative estimate of drug-likeness (QED) is 0.724. The summed E-state index contributed by atoms with van der Waals surface area (Å²) in [6, 6.07) is 14.4. The molecule has 0 heterocycles. The summed E-state index contributed by atoms with van der Waals surface area (Å²) in [6.07, 6.45) is 5.62. The Morgan fingerprint density at radius 3 is 2.21 bits per heavy atom. The fourth-order valence-electron chi connectivity index (χ4n) is 3.79. The molecule has 1 N–H and O–H groups in total. The molecule has 156 valence electrons. The van der Waals surface area contributed by atoms with Crippen LogP contribution in [0.1, 0.15) is 50.2 Å². The van der Waals surface area contributed by atoms with Crippen molar-refractivity contribution < 1.29 is 13.2 Å². The fourth-order valence-corrected chi connectivity index (χ4v) is 5.43. The molecule has 0 atom stereocenters. The van der Waals surface area contributed by atoms with E-state index in [0.29, 0.717) is 5.69 Å². The maximum absolute atomic E-state index is 13.4. The average molecular weight is 415 g/mol. The SMILES string of the molecule is CCc1ccc(NC(=O)CN(C2CCCCC2)S(=O)(=O)c2ccc(C)cc2)cc1. The van der Waals surface area contributed by atoms with E-state index in [0.717, 1.165) is 44.1 Å². The van der Waals surface area contributed by atoms with Crippen molar-refractivity contribution in [3.63, 3.8) is 0 Å². The summed E-state index contributed by atoms with van der Waals surface area (Å²) in [5, 5.41) is 2.85. The molecule has 6 heteroatoms. The number of nitrogens with zero attached hydrogens (tertiary/aromatic N) is 1. The fraction of sp³-hybridized carbons (Fsp3) is 0.435. The van der Waals surface area contributed by atoms with E-state index in [1.54, 1.807) is 24.3 Å². The van der Waals surface area contributed by atoms with E-state index in [9.17, 15) is 13.2 Å². The molecule has 0 spiro atoms. The Kier molecular flexibility index (Phi) is 7.09. The van der Waals surface area contributed by atoms with Gasteiger partial charge in [0.15, 0.2) is 0 Å². The number of amides is 1. The first-order valence-electron chi connectivity index (χ1n) is 10.4. The van der Waals surface area contributed by atoms with E-state index in [4.69, 9.17) is 0 Å². The molecule has 3 rings (SSSR count). The number of nitrogens with one attached hydrogen (secondary N) is 1. The Labute approximate surface area is 174 Å². The van der Waals surface area contributed by atoms with Crippen LogP contribution in [0.15, 0.2) is 53.4 Å². The number of carbonyl (C=O) groups is 1. The highest BCUT2D eigenvalue weighted by atomic mass is 32.2. The second-order valence-corrected chi connectivity index (χ2v) is 9.64. The highest BCUT2D eigenvalue weighted by molar-refractivity contribution is 7.89. The van der Waals surface area contributed by atoms with Gasteiger partial charge in [0.25, 0.3) is 0 Å². The van der Waals surface area contributed by atoms with Gasteiger partial charge in [-0.3, -0.25) is 4.79 Å². The number of benzene rings is 2. The lowest BCUT2D eigenvalue weighted by Gasteiger charge is -2.33. The average Bonchev–Trinajstić information content (AvgIpc) is 2.73. The zero-order valence-corrected chi connectivity index (χ0v) is 18.0. The summed E-state index contributed by atoms with van der Waals surface area (Å²) in [5.41, 5.74) is 2.87. The molecule has 1 saturated carbocycles. The Morgan fingerprint density at radius 2 is 1.62 bits per heavy atom. The van der Waals surface area contributed by atoms with Crippen LogP contribution in [0.25, 0.3) is 0 Å². The minimum absolute atomic E-state index is 0.136. The van der Waals surface area contributed by atoms with Crippen molar-refractivity contribution in [2.45, 2.75) is 63.3 Å². The molecule has 29 heavy (non-hydrogen) atoms. The standard InChI is InChI=1S/C23H30N2O3S/c1-3-19-11-13-20(14-12-19)24-23(26)17-25(21-7-5-4-6-8-21)29(27,28)22-15-9-18(2)10-16-22/h9-16,21H,3-8,17H2,1-2H3,(H,24,26). The summed E-state index contributed by atoms with van der Waals surface area (Å²) in [4.78, 5) is 13.0. The van der Waals surface area contributed by atoms with Crippen LogP contribution in [0.5, 0.6) is 0 Å². The van der Waals surface area contributed by atoms with E-state index >= 15 is 0 Å². The van der Waals surface area contributed by atoms with Gasteiger partial charge in [-0.1, -0.05) is 56.0 Å². The van der Waals surface area contributed by atoms with Crippen LogP contribution in [0.3, 0.4) is 0 Å². The van der Waals surface area contributed by atoms with Crippen molar-refractivity contribution in [3.8, 4) is 0 Å². The maximum atomic E-state index is 13.4. The zero-order chi connectivity index (χ0) is 20.9. The minimum Gasteiger partial charge on any atom is -0.325 e. The van der Waals surface area contributed by atoms with E-state index < -0.39 is 10.0 Å². The molecule has 0 aromatic heterocycles. The van der Waals surface area contributed by atoms with Gasteiger partial charge in [0.1, 0.15) is 0 Å². The predicted molar refractivity (Wildman–Crippen MR) is 116 cm³/mol.